The molecule has 0 aromatic rings. The van der Waals surface area contributed by atoms with Gasteiger partial charge in [-0.3, -0.25) is 4.79 Å². The average molecular weight is 401 g/mol. The maximum atomic E-state index is 12.0. The van der Waals surface area contributed by atoms with Crippen molar-refractivity contribution in [2.24, 2.45) is 16.9 Å². The molecule has 0 saturated heterocycles. The van der Waals surface area contributed by atoms with Crippen molar-refractivity contribution in [2.45, 2.75) is 71.8 Å². The third kappa shape index (κ3) is 20.0. The van der Waals surface area contributed by atoms with Gasteiger partial charge in [0, 0.05) is 6.54 Å². The largest absolute Gasteiger partial charge is 0.355 e. The second kappa shape index (κ2) is 18.3. The highest BCUT2D eigenvalue weighted by molar-refractivity contribution is 5.81. The normalized spacial score (nSPS) is 12.9. The van der Waals surface area contributed by atoms with Gasteiger partial charge in [-0.15, -0.1) is 0 Å². The quantitative estimate of drug-likeness (QED) is 0.180. The van der Waals surface area contributed by atoms with Crippen LogP contribution in [0.4, 0.5) is 0 Å². The zero-order valence-electron chi connectivity index (χ0n) is 18.7. The zero-order valence-corrected chi connectivity index (χ0v) is 18.7. The van der Waals surface area contributed by atoms with Crippen LogP contribution in [-0.4, -0.2) is 64.3 Å². The molecule has 0 aromatic carbocycles. The fourth-order valence-corrected chi connectivity index (χ4v) is 2.74. The van der Waals surface area contributed by atoms with E-state index < -0.39 is 0 Å². The molecule has 7 nitrogen and oxygen atoms in total. The van der Waals surface area contributed by atoms with Gasteiger partial charge >= 0.3 is 0 Å². The summed E-state index contributed by atoms with van der Waals surface area (Å²) >= 11 is 0. The van der Waals surface area contributed by atoms with Gasteiger partial charge in [0.05, 0.1) is 6.04 Å². The molecule has 0 aromatic heterocycles. The molecule has 1 atom stereocenters. The lowest BCUT2D eigenvalue weighted by atomic mass is 9.97. The molecule has 1 amide bonds. The van der Waals surface area contributed by atoms with Gasteiger partial charge in [0.15, 0.2) is 0 Å². The van der Waals surface area contributed by atoms with E-state index in [1.165, 1.54) is 6.42 Å². The molecule has 168 valence electrons. The number of unbranched alkanes of at least 4 members (excludes halogenated alkanes) is 2. The summed E-state index contributed by atoms with van der Waals surface area (Å²) < 4.78 is 0. The van der Waals surface area contributed by atoms with Crippen molar-refractivity contribution >= 4 is 5.91 Å². The smallest absolute Gasteiger partial charge is 0.236 e. The topological polar surface area (TPSA) is 117 Å². The molecular formula is C21H48N6O. The second-order valence-electron chi connectivity index (χ2n) is 8.83. The summed E-state index contributed by atoms with van der Waals surface area (Å²) in [6, 6.07) is -0.387. The Morgan fingerprint density at radius 2 is 1.32 bits per heavy atom. The summed E-state index contributed by atoms with van der Waals surface area (Å²) in [6.45, 7) is 14.1. The van der Waals surface area contributed by atoms with E-state index in [4.69, 9.17) is 11.5 Å². The summed E-state index contributed by atoms with van der Waals surface area (Å²) in [5.41, 5.74) is 11.7. The molecular weight excluding hydrogens is 352 g/mol. The van der Waals surface area contributed by atoms with Crippen LogP contribution in [0.15, 0.2) is 0 Å². The highest BCUT2D eigenvalue weighted by Gasteiger charge is 2.12. The van der Waals surface area contributed by atoms with Crippen LogP contribution in [0.3, 0.4) is 0 Å². The first kappa shape index (κ1) is 27.3. The van der Waals surface area contributed by atoms with Gasteiger partial charge < -0.3 is 32.7 Å². The molecule has 0 bridgehead atoms. The van der Waals surface area contributed by atoms with Crippen molar-refractivity contribution < 1.29 is 4.79 Å². The van der Waals surface area contributed by atoms with Crippen molar-refractivity contribution in [2.75, 3.05) is 52.4 Å². The average Bonchev–Trinajstić information content (AvgIpc) is 2.64. The lowest BCUT2D eigenvalue weighted by Gasteiger charge is -2.18. The minimum absolute atomic E-state index is 0.0220. The Morgan fingerprint density at radius 3 is 1.93 bits per heavy atom. The maximum Gasteiger partial charge on any atom is 0.236 e. The van der Waals surface area contributed by atoms with Gasteiger partial charge in [-0.1, -0.05) is 27.2 Å². The first-order valence-corrected chi connectivity index (χ1v) is 11.2. The van der Waals surface area contributed by atoms with Gasteiger partial charge in [0.2, 0.25) is 5.91 Å². The summed E-state index contributed by atoms with van der Waals surface area (Å²) in [7, 11) is 0. The molecule has 0 aliphatic carbocycles. The molecule has 7 heteroatoms. The molecule has 28 heavy (non-hydrogen) atoms. The third-order valence-corrected chi connectivity index (χ3v) is 4.46. The number of nitrogens with two attached hydrogens (primary N) is 2. The number of carbonyl (C=O) groups excluding carboxylic acids is 1. The Hall–Kier alpha value is -0.730. The molecule has 0 unspecified atom stereocenters. The van der Waals surface area contributed by atoms with Crippen molar-refractivity contribution in [3.8, 4) is 0 Å². The minimum atomic E-state index is -0.387. The predicted molar refractivity (Wildman–Crippen MR) is 120 cm³/mol. The molecule has 0 aliphatic rings. The summed E-state index contributed by atoms with van der Waals surface area (Å²) in [4.78, 5) is 12.0. The molecule has 0 radical (unpaired) electrons. The maximum absolute atomic E-state index is 12.0. The Kier molecular flexibility index (Phi) is 17.8. The monoisotopic (exact) mass is 400 g/mol. The van der Waals surface area contributed by atoms with E-state index in [0.29, 0.717) is 12.0 Å². The summed E-state index contributed by atoms with van der Waals surface area (Å²) in [6.07, 6.45) is 7.11. The van der Waals surface area contributed by atoms with Crippen LogP contribution in [0.2, 0.25) is 0 Å². The van der Waals surface area contributed by atoms with E-state index in [2.05, 4.69) is 42.0 Å². The van der Waals surface area contributed by atoms with E-state index in [1.54, 1.807) is 0 Å². The van der Waals surface area contributed by atoms with Gasteiger partial charge in [0.1, 0.15) is 0 Å². The minimum Gasteiger partial charge on any atom is -0.355 e. The van der Waals surface area contributed by atoms with E-state index in [-0.39, 0.29) is 11.9 Å². The highest BCUT2D eigenvalue weighted by Crippen LogP contribution is 2.10. The van der Waals surface area contributed by atoms with E-state index in [0.717, 1.165) is 84.3 Å². The molecule has 0 spiro atoms. The number of nitrogens with one attached hydrogen (secondary N) is 4. The summed E-state index contributed by atoms with van der Waals surface area (Å²) in [5, 5.41) is 13.2. The molecule has 0 fully saturated rings. The van der Waals surface area contributed by atoms with Crippen LogP contribution in [0.1, 0.15) is 65.7 Å². The number of rotatable bonds is 19. The Labute approximate surface area is 173 Å². The van der Waals surface area contributed by atoms with E-state index in [9.17, 15) is 4.79 Å². The van der Waals surface area contributed by atoms with Crippen molar-refractivity contribution in [1.29, 1.82) is 0 Å². The Balaban J connectivity index is 3.37. The van der Waals surface area contributed by atoms with Crippen LogP contribution in [-0.2, 0) is 4.79 Å². The van der Waals surface area contributed by atoms with Crippen LogP contribution < -0.4 is 32.7 Å². The van der Waals surface area contributed by atoms with Crippen LogP contribution in [0.5, 0.6) is 0 Å². The second-order valence-corrected chi connectivity index (χ2v) is 8.83. The molecule has 0 heterocycles. The zero-order chi connectivity index (χ0) is 21.1. The van der Waals surface area contributed by atoms with Crippen LogP contribution >= 0.6 is 0 Å². The molecule has 8 N–H and O–H groups in total. The molecule has 0 aliphatic heterocycles. The fourth-order valence-electron chi connectivity index (χ4n) is 2.74. The molecule has 0 saturated carbocycles. The fraction of sp³-hybridized carbons (Fsp3) is 0.952. The number of carbonyl (C=O) groups is 1. The standard InChI is InChI=1S/C21H48N6O/c1-21(2,3)18-26-14-5-4-10-19(23)20(28)27-17-9-16-25-13-7-6-12-24-15-8-11-22/h19,24-26H,4-18,22-23H2,1-3H3,(H,27,28)/t19-/m0/s1. The van der Waals surface area contributed by atoms with Crippen LogP contribution in [0.25, 0.3) is 0 Å². The summed E-state index contributed by atoms with van der Waals surface area (Å²) in [5.74, 6) is -0.0220. The lowest BCUT2D eigenvalue weighted by molar-refractivity contribution is -0.122. The number of amides is 1. The first-order valence-electron chi connectivity index (χ1n) is 11.2. The van der Waals surface area contributed by atoms with E-state index in [1.807, 2.05) is 0 Å². The van der Waals surface area contributed by atoms with Crippen molar-refractivity contribution in [1.82, 2.24) is 21.3 Å². The van der Waals surface area contributed by atoms with Crippen molar-refractivity contribution in [3.05, 3.63) is 0 Å². The van der Waals surface area contributed by atoms with Crippen molar-refractivity contribution in [3.63, 3.8) is 0 Å². The molecule has 0 rings (SSSR count). The van der Waals surface area contributed by atoms with E-state index >= 15 is 0 Å². The third-order valence-electron chi connectivity index (χ3n) is 4.46. The SMILES string of the molecule is CC(C)(C)CNCCCC[C@H](N)C(=O)NCCCNCCCCNCCCN. The lowest BCUT2D eigenvalue weighted by Crippen LogP contribution is -2.41. The number of hydrogen-bond acceptors (Lipinski definition) is 6. The Bertz CT molecular complexity index is 359. The first-order chi connectivity index (χ1) is 13.4. The van der Waals surface area contributed by atoms with Gasteiger partial charge in [-0.2, -0.15) is 0 Å². The van der Waals surface area contributed by atoms with Gasteiger partial charge in [-0.05, 0) is 89.8 Å². The highest BCUT2D eigenvalue weighted by atomic mass is 16.2. The van der Waals surface area contributed by atoms with Gasteiger partial charge in [0.25, 0.3) is 0 Å². The predicted octanol–water partition coefficient (Wildman–Crippen LogP) is 0.934. The number of hydrogen-bond donors (Lipinski definition) is 6. The Morgan fingerprint density at radius 1 is 0.786 bits per heavy atom. The van der Waals surface area contributed by atoms with Crippen LogP contribution in [0, 0.1) is 5.41 Å². The van der Waals surface area contributed by atoms with Gasteiger partial charge in [-0.25, -0.2) is 0 Å².